The van der Waals surface area contributed by atoms with E-state index >= 15 is 0 Å². The average molecular weight is 710 g/mol. The van der Waals surface area contributed by atoms with Crippen LogP contribution in [0.5, 0.6) is 0 Å². The molecule has 4 aromatic heterocycles. The third-order valence-electron chi connectivity index (χ3n) is 10.8. The number of para-hydroxylation sites is 1. The maximum atomic E-state index is 5.69. The summed E-state index contributed by atoms with van der Waals surface area (Å²) in [5, 5.41) is 12.2. The summed E-state index contributed by atoms with van der Waals surface area (Å²) in [6.45, 7) is 0. The van der Waals surface area contributed by atoms with Gasteiger partial charge >= 0.3 is 0 Å². The fourth-order valence-electron chi connectivity index (χ4n) is 8.61. The monoisotopic (exact) mass is 709 g/mol. The van der Waals surface area contributed by atoms with Crippen molar-refractivity contribution >= 4 is 106 Å². The Morgan fingerprint density at radius 1 is 0.396 bits per heavy atom. The molecule has 12 aromatic rings. The highest BCUT2D eigenvalue weighted by Crippen LogP contribution is 2.49. The van der Waals surface area contributed by atoms with E-state index in [1.54, 1.807) is 11.3 Å². The number of rotatable bonds is 3. The summed E-state index contributed by atoms with van der Waals surface area (Å²) in [5.74, 6) is 0.686. The standard InChI is InChI=1S/C48H27N3S2/c1-2-14-28(15-3-1)29-26-27-32(31-17-5-4-16-30(29)31)44-43-37-22-10-13-25-40(37)53-47(43)50-48(49-44)51-38-23-11-8-20-35(38)41-42-36-21-9-12-24-39(36)52-46(42)34-19-7-6-18-33(34)45(41)51/h1-27H. The minimum Gasteiger partial charge on any atom is -0.277 e. The van der Waals surface area contributed by atoms with Crippen molar-refractivity contribution in [3.63, 3.8) is 0 Å². The van der Waals surface area contributed by atoms with E-state index < -0.39 is 0 Å². The Bertz CT molecular complexity index is 3460. The van der Waals surface area contributed by atoms with E-state index in [1.165, 1.54) is 73.7 Å². The van der Waals surface area contributed by atoms with Crippen LogP contribution in [0, 0.1) is 0 Å². The highest BCUT2D eigenvalue weighted by molar-refractivity contribution is 7.27. The quantitative estimate of drug-likeness (QED) is 0.183. The molecule has 0 spiro atoms. The molecular formula is C48H27N3S2. The van der Waals surface area contributed by atoms with E-state index in [4.69, 9.17) is 9.97 Å². The first-order valence-corrected chi connectivity index (χ1v) is 19.5. The Morgan fingerprint density at radius 2 is 0.962 bits per heavy atom. The Kier molecular flexibility index (Phi) is 6.09. The van der Waals surface area contributed by atoms with Gasteiger partial charge in [0.15, 0.2) is 0 Å². The van der Waals surface area contributed by atoms with Crippen molar-refractivity contribution in [2.75, 3.05) is 0 Å². The molecule has 0 bridgehead atoms. The summed E-state index contributed by atoms with van der Waals surface area (Å²) in [6.07, 6.45) is 0. The number of aromatic nitrogens is 3. The molecule has 0 saturated heterocycles. The van der Waals surface area contributed by atoms with Gasteiger partial charge < -0.3 is 0 Å². The van der Waals surface area contributed by atoms with Crippen LogP contribution in [-0.4, -0.2) is 14.5 Å². The van der Waals surface area contributed by atoms with Gasteiger partial charge in [0.2, 0.25) is 5.95 Å². The van der Waals surface area contributed by atoms with Crippen molar-refractivity contribution in [3.05, 3.63) is 164 Å². The Morgan fingerprint density at radius 3 is 1.74 bits per heavy atom. The predicted octanol–water partition coefficient (Wildman–Crippen LogP) is 13.9. The molecule has 0 aliphatic heterocycles. The number of hydrogen-bond donors (Lipinski definition) is 0. The minimum atomic E-state index is 0.686. The van der Waals surface area contributed by atoms with Gasteiger partial charge in [0.1, 0.15) is 4.83 Å². The molecule has 12 rings (SSSR count). The third kappa shape index (κ3) is 4.09. The van der Waals surface area contributed by atoms with Crippen LogP contribution < -0.4 is 0 Å². The number of fused-ring (bicyclic) bond motifs is 14. The summed E-state index contributed by atoms with van der Waals surface area (Å²) < 4.78 is 6.17. The van der Waals surface area contributed by atoms with Gasteiger partial charge in [-0.2, -0.15) is 0 Å². The van der Waals surface area contributed by atoms with E-state index in [2.05, 4.69) is 168 Å². The number of hydrogen-bond acceptors (Lipinski definition) is 4. The van der Waals surface area contributed by atoms with Gasteiger partial charge in [0.05, 0.1) is 16.7 Å². The number of benzene rings is 8. The van der Waals surface area contributed by atoms with Crippen molar-refractivity contribution < 1.29 is 0 Å². The second-order valence-corrected chi connectivity index (χ2v) is 15.7. The molecule has 0 amide bonds. The van der Waals surface area contributed by atoms with Gasteiger partial charge in [-0.25, -0.2) is 9.97 Å². The van der Waals surface area contributed by atoms with E-state index in [1.807, 2.05) is 11.3 Å². The molecule has 0 fully saturated rings. The molecule has 0 saturated carbocycles. The lowest BCUT2D eigenvalue weighted by Crippen LogP contribution is -2.03. The molecule has 4 heterocycles. The molecule has 8 aromatic carbocycles. The average Bonchev–Trinajstić information content (AvgIpc) is 3.90. The zero-order chi connectivity index (χ0) is 34.6. The van der Waals surface area contributed by atoms with Crippen LogP contribution in [0.1, 0.15) is 0 Å². The molecule has 0 aliphatic carbocycles. The zero-order valence-electron chi connectivity index (χ0n) is 28.2. The first kappa shape index (κ1) is 29.2. The second-order valence-electron chi connectivity index (χ2n) is 13.6. The van der Waals surface area contributed by atoms with Crippen molar-refractivity contribution in [2.45, 2.75) is 0 Å². The van der Waals surface area contributed by atoms with Crippen molar-refractivity contribution in [1.29, 1.82) is 0 Å². The lowest BCUT2D eigenvalue weighted by atomic mass is 9.93. The third-order valence-corrected chi connectivity index (χ3v) is 13.1. The van der Waals surface area contributed by atoms with E-state index in [-0.39, 0.29) is 0 Å². The minimum absolute atomic E-state index is 0.686. The van der Waals surface area contributed by atoms with E-state index in [0.29, 0.717) is 5.95 Å². The molecule has 0 unspecified atom stereocenters. The molecule has 0 radical (unpaired) electrons. The zero-order valence-corrected chi connectivity index (χ0v) is 29.9. The predicted molar refractivity (Wildman–Crippen MR) is 228 cm³/mol. The van der Waals surface area contributed by atoms with Gasteiger partial charge in [0.25, 0.3) is 0 Å². The smallest absolute Gasteiger partial charge is 0.236 e. The van der Waals surface area contributed by atoms with E-state index in [0.717, 1.165) is 32.5 Å². The molecule has 0 aliphatic rings. The molecule has 3 nitrogen and oxygen atoms in total. The summed E-state index contributed by atoms with van der Waals surface area (Å²) >= 11 is 3.63. The first-order chi connectivity index (χ1) is 26.3. The number of nitrogens with zero attached hydrogens (tertiary/aromatic N) is 3. The normalized spacial score (nSPS) is 12.2. The van der Waals surface area contributed by atoms with Crippen molar-refractivity contribution in [1.82, 2.24) is 14.5 Å². The van der Waals surface area contributed by atoms with Gasteiger partial charge in [-0.3, -0.25) is 4.57 Å². The second kappa shape index (κ2) is 11.1. The molecular weight excluding hydrogens is 683 g/mol. The molecule has 246 valence electrons. The van der Waals surface area contributed by atoms with Gasteiger partial charge in [-0.05, 0) is 40.1 Å². The van der Waals surface area contributed by atoms with E-state index in [9.17, 15) is 0 Å². The van der Waals surface area contributed by atoms with Gasteiger partial charge in [-0.1, -0.05) is 146 Å². The summed E-state index contributed by atoms with van der Waals surface area (Å²) in [6, 6.07) is 59.1. The molecule has 0 atom stereocenters. The Hall–Kier alpha value is -6.40. The number of thiophene rings is 2. The van der Waals surface area contributed by atoms with Crippen LogP contribution in [0.2, 0.25) is 0 Å². The maximum Gasteiger partial charge on any atom is 0.236 e. The first-order valence-electron chi connectivity index (χ1n) is 17.8. The maximum absolute atomic E-state index is 5.69. The van der Waals surface area contributed by atoms with Gasteiger partial charge in [0, 0.05) is 62.8 Å². The Labute approximate surface area is 311 Å². The van der Waals surface area contributed by atoms with Crippen molar-refractivity contribution in [2.24, 2.45) is 0 Å². The highest BCUT2D eigenvalue weighted by Gasteiger charge is 2.25. The van der Waals surface area contributed by atoms with Crippen LogP contribution >= 0.6 is 22.7 Å². The van der Waals surface area contributed by atoms with Crippen LogP contribution in [0.3, 0.4) is 0 Å². The fourth-order valence-corrected chi connectivity index (χ4v) is 10.9. The van der Waals surface area contributed by atoms with Crippen LogP contribution in [0.25, 0.3) is 112 Å². The van der Waals surface area contributed by atoms with Gasteiger partial charge in [-0.15, -0.1) is 22.7 Å². The fraction of sp³-hybridized carbons (Fsp3) is 0. The molecule has 53 heavy (non-hydrogen) atoms. The Balaban J connectivity index is 1.26. The SMILES string of the molecule is c1ccc(-c2ccc(-c3nc(-n4c5ccccc5c5c6c7ccccc7sc6c6ccccc6c54)nc4sc5ccccc5c34)c3ccccc23)cc1. The lowest BCUT2D eigenvalue weighted by molar-refractivity contribution is 1.02. The van der Waals surface area contributed by atoms with Crippen LogP contribution in [-0.2, 0) is 0 Å². The largest absolute Gasteiger partial charge is 0.277 e. The highest BCUT2D eigenvalue weighted by atomic mass is 32.1. The molecule has 5 heteroatoms. The van der Waals surface area contributed by atoms with Crippen molar-refractivity contribution in [3.8, 4) is 28.3 Å². The summed E-state index contributed by atoms with van der Waals surface area (Å²) in [4.78, 5) is 12.2. The van der Waals surface area contributed by atoms with Crippen LogP contribution in [0.15, 0.2) is 164 Å². The lowest BCUT2D eigenvalue weighted by Gasteiger charge is -2.15. The summed E-state index contributed by atoms with van der Waals surface area (Å²) in [7, 11) is 0. The topological polar surface area (TPSA) is 30.7 Å². The molecule has 0 N–H and O–H groups in total. The summed E-state index contributed by atoms with van der Waals surface area (Å²) in [5.41, 5.74) is 6.73. The van der Waals surface area contributed by atoms with Crippen LogP contribution in [0.4, 0.5) is 0 Å².